The predicted octanol–water partition coefficient (Wildman–Crippen LogP) is 4.60. The third-order valence-electron chi connectivity index (χ3n) is 5.09. The number of thioether (sulfide) groups is 1. The number of nitrogens with one attached hydrogen (secondary N) is 1. The molecule has 9 nitrogen and oxygen atoms in total. The summed E-state index contributed by atoms with van der Waals surface area (Å²) in [6.45, 7) is 2.07. The second-order valence-corrected chi connectivity index (χ2v) is 8.71. The molecule has 3 rings (SSSR count). The van der Waals surface area contributed by atoms with E-state index in [-0.39, 0.29) is 28.1 Å². The molecule has 0 saturated carbocycles. The highest BCUT2D eigenvalue weighted by atomic mass is 35.5. The van der Waals surface area contributed by atoms with Crippen LogP contribution in [0.25, 0.3) is 0 Å². The van der Waals surface area contributed by atoms with Crippen molar-refractivity contribution in [3.63, 3.8) is 0 Å². The van der Waals surface area contributed by atoms with Crippen LogP contribution in [-0.2, 0) is 24.7 Å². The molecule has 3 aromatic rings. The van der Waals surface area contributed by atoms with Crippen molar-refractivity contribution >= 4 is 40.6 Å². The van der Waals surface area contributed by atoms with E-state index in [1.165, 1.54) is 41.1 Å². The number of ether oxygens (including phenoxy) is 1. The Labute approximate surface area is 200 Å². The van der Waals surface area contributed by atoms with Gasteiger partial charge < -0.3 is 14.6 Å². The van der Waals surface area contributed by atoms with E-state index < -0.39 is 4.92 Å². The van der Waals surface area contributed by atoms with Gasteiger partial charge in [0.25, 0.3) is 5.69 Å². The maximum absolute atomic E-state index is 12.3. The molecule has 0 aliphatic carbocycles. The fourth-order valence-corrected chi connectivity index (χ4v) is 4.13. The number of rotatable bonds is 10. The molecule has 0 atom stereocenters. The number of amides is 1. The number of carbonyl (C=O) groups excluding carboxylic acids is 1. The van der Waals surface area contributed by atoms with Gasteiger partial charge in [0.05, 0.1) is 28.5 Å². The van der Waals surface area contributed by atoms with Gasteiger partial charge in [-0.1, -0.05) is 29.4 Å². The Hall–Kier alpha value is -3.11. The van der Waals surface area contributed by atoms with Crippen molar-refractivity contribution < 1.29 is 14.5 Å². The van der Waals surface area contributed by atoms with E-state index in [0.717, 1.165) is 30.8 Å². The van der Waals surface area contributed by atoms with Gasteiger partial charge in [-0.2, -0.15) is 0 Å². The molecule has 2 aromatic carbocycles. The molecule has 1 amide bonds. The summed E-state index contributed by atoms with van der Waals surface area (Å²) in [5.41, 5.74) is 2.51. The molecule has 174 valence electrons. The average Bonchev–Trinajstić information content (AvgIpc) is 3.14. The molecule has 0 fully saturated rings. The van der Waals surface area contributed by atoms with E-state index in [1.807, 2.05) is 23.7 Å². The van der Waals surface area contributed by atoms with E-state index in [0.29, 0.717) is 5.16 Å². The first-order valence-corrected chi connectivity index (χ1v) is 11.5. The number of hydrogen-bond donors (Lipinski definition) is 1. The minimum Gasteiger partial charge on any atom is -0.497 e. The fraction of sp³-hybridized carbons (Fsp3) is 0.318. The molecule has 1 N–H and O–H groups in total. The Kier molecular flexibility index (Phi) is 8.29. The van der Waals surface area contributed by atoms with Gasteiger partial charge in [-0.25, -0.2) is 0 Å². The SMILES string of the molecule is COc1ccc(CCCc2nnc(SCC(=O)Nc3cc([N+](=O)[O-])ccc3Cl)n2C)c(C)c1. The number of aryl methyl sites for hydroxylation is 3. The Morgan fingerprint density at radius 1 is 1.24 bits per heavy atom. The molecule has 0 bridgehead atoms. The van der Waals surface area contributed by atoms with Crippen molar-refractivity contribution in [2.45, 2.75) is 31.3 Å². The van der Waals surface area contributed by atoms with Crippen LogP contribution in [-0.4, -0.2) is 38.5 Å². The van der Waals surface area contributed by atoms with Gasteiger partial charge in [-0.15, -0.1) is 10.2 Å². The van der Waals surface area contributed by atoms with Crippen LogP contribution in [0.5, 0.6) is 5.75 Å². The second-order valence-electron chi connectivity index (χ2n) is 7.36. The molecule has 0 aliphatic heterocycles. The molecular formula is C22H24ClN5O4S. The number of carbonyl (C=O) groups is 1. The van der Waals surface area contributed by atoms with Crippen LogP contribution in [0.3, 0.4) is 0 Å². The van der Waals surface area contributed by atoms with Crippen molar-refractivity contribution in [1.29, 1.82) is 0 Å². The summed E-state index contributed by atoms with van der Waals surface area (Å²) in [5, 5.41) is 22.8. The van der Waals surface area contributed by atoms with E-state index in [9.17, 15) is 14.9 Å². The molecule has 0 radical (unpaired) electrons. The lowest BCUT2D eigenvalue weighted by Gasteiger charge is -2.08. The van der Waals surface area contributed by atoms with Crippen molar-refractivity contribution in [2.75, 3.05) is 18.2 Å². The summed E-state index contributed by atoms with van der Waals surface area (Å²) in [7, 11) is 3.52. The third-order valence-corrected chi connectivity index (χ3v) is 6.44. The van der Waals surface area contributed by atoms with Gasteiger partial charge in [-0.3, -0.25) is 14.9 Å². The normalized spacial score (nSPS) is 10.8. The van der Waals surface area contributed by atoms with Gasteiger partial charge in [-0.05, 0) is 49.1 Å². The maximum atomic E-state index is 12.3. The zero-order valence-electron chi connectivity index (χ0n) is 18.5. The number of benzene rings is 2. The number of methoxy groups -OCH3 is 1. The minimum absolute atomic E-state index is 0.0655. The first-order valence-electron chi connectivity index (χ1n) is 10.2. The fourth-order valence-electron chi connectivity index (χ4n) is 3.24. The van der Waals surface area contributed by atoms with Crippen molar-refractivity contribution in [3.8, 4) is 5.75 Å². The van der Waals surface area contributed by atoms with E-state index >= 15 is 0 Å². The smallest absolute Gasteiger partial charge is 0.271 e. The van der Waals surface area contributed by atoms with Crippen LogP contribution in [0, 0.1) is 17.0 Å². The summed E-state index contributed by atoms with van der Waals surface area (Å²) >= 11 is 7.27. The van der Waals surface area contributed by atoms with Crippen LogP contribution < -0.4 is 10.1 Å². The van der Waals surface area contributed by atoms with Crippen LogP contribution in [0.4, 0.5) is 11.4 Å². The van der Waals surface area contributed by atoms with E-state index in [2.05, 4.69) is 28.5 Å². The molecule has 0 spiro atoms. The number of aromatic nitrogens is 3. The van der Waals surface area contributed by atoms with Gasteiger partial charge in [0.2, 0.25) is 5.91 Å². The molecule has 0 saturated heterocycles. The largest absolute Gasteiger partial charge is 0.497 e. The van der Waals surface area contributed by atoms with Gasteiger partial charge in [0.1, 0.15) is 11.6 Å². The first-order chi connectivity index (χ1) is 15.8. The maximum Gasteiger partial charge on any atom is 0.271 e. The summed E-state index contributed by atoms with van der Waals surface area (Å²) in [5.74, 6) is 1.41. The van der Waals surface area contributed by atoms with Crippen molar-refractivity contribution in [3.05, 3.63) is 68.5 Å². The Morgan fingerprint density at radius 3 is 2.73 bits per heavy atom. The standard InChI is InChI=1S/C22H24ClN5O4S/c1-14-11-17(32-3)9-7-15(14)5-4-6-20-25-26-22(27(20)2)33-13-21(29)24-19-12-16(28(30)31)8-10-18(19)23/h7-12H,4-6,13H2,1-3H3,(H,24,29). The number of halogens is 1. The quantitative estimate of drug-likeness (QED) is 0.251. The number of non-ortho nitro benzene ring substituents is 1. The highest BCUT2D eigenvalue weighted by molar-refractivity contribution is 7.99. The van der Waals surface area contributed by atoms with Crippen LogP contribution >= 0.6 is 23.4 Å². The monoisotopic (exact) mass is 489 g/mol. The number of nitro groups is 1. The van der Waals surface area contributed by atoms with Crippen molar-refractivity contribution in [2.24, 2.45) is 7.05 Å². The zero-order chi connectivity index (χ0) is 24.0. The molecule has 0 unspecified atom stereocenters. The highest BCUT2D eigenvalue weighted by Crippen LogP contribution is 2.27. The number of nitro benzene ring substituents is 1. The molecule has 33 heavy (non-hydrogen) atoms. The number of anilines is 1. The molecule has 1 aromatic heterocycles. The van der Waals surface area contributed by atoms with Gasteiger partial charge in [0, 0.05) is 25.6 Å². The molecule has 0 aliphatic rings. The van der Waals surface area contributed by atoms with Crippen LogP contribution in [0.2, 0.25) is 5.02 Å². The number of hydrogen-bond acceptors (Lipinski definition) is 7. The summed E-state index contributed by atoms with van der Waals surface area (Å²) in [6.07, 6.45) is 2.58. The lowest BCUT2D eigenvalue weighted by atomic mass is 10.0. The zero-order valence-corrected chi connectivity index (χ0v) is 20.1. The highest BCUT2D eigenvalue weighted by Gasteiger charge is 2.15. The van der Waals surface area contributed by atoms with Gasteiger partial charge >= 0.3 is 0 Å². The molecule has 11 heteroatoms. The Bertz CT molecular complexity index is 1170. The number of nitrogens with zero attached hydrogens (tertiary/aromatic N) is 4. The summed E-state index contributed by atoms with van der Waals surface area (Å²) in [4.78, 5) is 22.7. The van der Waals surface area contributed by atoms with E-state index in [1.54, 1.807) is 7.11 Å². The average molecular weight is 490 g/mol. The lowest BCUT2D eigenvalue weighted by molar-refractivity contribution is -0.384. The molecular weight excluding hydrogens is 466 g/mol. The lowest BCUT2D eigenvalue weighted by Crippen LogP contribution is -2.15. The second kappa shape index (κ2) is 11.2. The van der Waals surface area contributed by atoms with Crippen molar-refractivity contribution in [1.82, 2.24) is 14.8 Å². The summed E-state index contributed by atoms with van der Waals surface area (Å²) < 4.78 is 7.12. The summed E-state index contributed by atoms with van der Waals surface area (Å²) in [6, 6.07) is 9.96. The Balaban J connectivity index is 1.52. The third kappa shape index (κ3) is 6.45. The van der Waals surface area contributed by atoms with Crippen LogP contribution in [0.1, 0.15) is 23.4 Å². The van der Waals surface area contributed by atoms with E-state index in [4.69, 9.17) is 16.3 Å². The van der Waals surface area contributed by atoms with Gasteiger partial charge in [0.15, 0.2) is 5.16 Å². The Morgan fingerprint density at radius 2 is 2.03 bits per heavy atom. The predicted molar refractivity (Wildman–Crippen MR) is 128 cm³/mol. The minimum atomic E-state index is -0.544. The molecule has 1 heterocycles. The van der Waals surface area contributed by atoms with Crippen LogP contribution in [0.15, 0.2) is 41.6 Å². The topological polar surface area (TPSA) is 112 Å². The first kappa shape index (κ1) is 24.5.